The largest absolute Gasteiger partial charge is 0.494 e. The lowest BCUT2D eigenvalue weighted by Crippen LogP contribution is -2.32. The van der Waals surface area contributed by atoms with Crippen molar-refractivity contribution in [1.29, 1.82) is 0 Å². The number of carbonyl (C=O) groups is 3. The quantitative estimate of drug-likeness (QED) is 0.298. The zero-order chi connectivity index (χ0) is 23.3. The van der Waals surface area contributed by atoms with Gasteiger partial charge < -0.3 is 20.1 Å². The van der Waals surface area contributed by atoms with E-state index in [1.807, 2.05) is 20.8 Å². The molecule has 2 aromatic rings. The van der Waals surface area contributed by atoms with Crippen molar-refractivity contribution in [3.8, 4) is 11.5 Å². The summed E-state index contributed by atoms with van der Waals surface area (Å²) < 4.78 is 10.7. The van der Waals surface area contributed by atoms with Crippen LogP contribution in [0.5, 0.6) is 11.5 Å². The number of benzene rings is 2. The van der Waals surface area contributed by atoms with E-state index < -0.39 is 11.8 Å². The maximum Gasteiger partial charge on any atom is 0.329 e. The molecule has 0 unspecified atom stereocenters. The molecule has 0 aromatic heterocycles. The Bertz CT molecular complexity index is 924. The second-order valence-electron chi connectivity index (χ2n) is 7.17. The molecule has 2 aromatic carbocycles. The van der Waals surface area contributed by atoms with Gasteiger partial charge in [-0.2, -0.15) is 5.10 Å². The Kier molecular flexibility index (Phi) is 9.70. The van der Waals surface area contributed by atoms with Crippen LogP contribution in [-0.2, 0) is 14.4 Å². The van der Waals surface area contributed by atoms with E-state index in [9.17, 15) is 14.4 Å². The fourth-order valence-corrected chi connectivity index (χ4v) is 2.37. The summed E-state index contributed by atoms with van der Waals surface area (Å²) in [5, 5.41) is 9.02. The number of ether oxygens (including phenoxy) is 2. The van der Waals surface area contributed by atoms with Crippen molar-refractivity contribution >= 4 is 29.6 Å². The minimum absolute atomic E-state index is 0.0698. The summed E-state index contributed by atoms with van der Waals surface area (Å²) in [4.78, 5) is 35.5. The molecular weight excluding hydrogens is 412 g/mol. The van der Waals surface area contributed by atoms with Crippen LogP contribution in [-0.4, -0.2) is 43.7 Å². The molecule has 9 heteroatoms. The molecule has 3 amide bonds. The van der Waals surface area contributed by atoms with Gasteiger partial charge in [-0.25, -0.2) is 5.43 Å². The van der Waals surface area contributed by atoms with Gasteiger partial charge in [-0.1, -0.05) is 13.8 Å². The molecule has 0 aliphatic carbocycles. The van der Waals surface area contributed by atoms with Crippen molar-refractivity contribution in [1.82, 2.24) is 10.7 Å². The zero-order valence-electron chi connectivity index (χ0n) is 18.4. The third kappa shape index (κ3) is 8.86. The van der Waals surface area contributed by atoms with E-state index in [-0.39, 0.29) is 12.5 Å². The van der Waals surface area contributed by atoms with Gasteiger partial charge in [-0.05, 0) is 66.9 Å². The minimum Gasteiger partial charge on any atom is -0.494 e. The van der Waals surface area contributed by atoms with Crippen LogP contribution in [0.15, 0.2) is 53.6 Å². The normalized spacial score (nSPS) is 10.6. The van der Waals surface area contributed by atoms with Crippen LogP contribution in [0.3, 0.4) is 0 Å². The van der Waals surface area contributed by atoms with Crippen molar-refractivity contribution in [3.05, 3.63) is 54.1 Å². The summed E-state index contributed by atoms with van der Waals surface area (Å²) in [7, 11) is 0. The zero-order valence-corrected chi connectivity index (χ0v) is 18.4. The number of anilines is 1. The van der Waals surface area contributed by atoms with Crippen LogP contribution in [0, 0.1) is 5.92 Å². The SMILES string of the molecule is CCOc1ccc(NC(=O)C(=O)N/N=C/c2ccc(OCC(=O)NCC(C)C)cc2)cc1. The molecule has 0 spiro atoms. The molecule has 0 radical (unpaired) electrons. The fourth-order valence-electron chi connectivity index (χ4n) is 2.37. The number of rotatable bonds is 10. The molecule has 3 N–H and O–H groups in total. The maximum absolute atomic E-state index is 11.9. The van der Waals surface area contributed by atoms with Crippen LogP contribution < -0.4 is 25.5 Å². The van der Waals surface area contributed by atoms with Crippen molar-refractivity contribution in [2.45, 2.75) is 20.8 Å². The highest BCUT2D eigenvalue weighted by atomic mass is 16.5. The summed E-state index contributed by atoms with van der Waals surface area (Å²) in [6.45, 7) is 6.97. The van der Waals surface area contributed by atoms with Crippen LogP contribution >= 0.6 is 0 Å². The minimum atomic E-state index is -0.900. The fraction of sp³-hybridized carbons (Fsp3) is 0.304. The third-order valence-corrected chi connectivity index (χ3v) is 3.97. The van der Waals surface area contributed by atoms with Gasteiger partial charge in [-0.3, -0.25) is 14.4 Å². The molecule has 0 saturated heterocycles. The molecule has 9 nitrogen and oxygen atoms in total. The topological polar surface area (TPSA) is 118 Å². The van der Waals surface area contributed by atoms with E-state index in [1.54, 1.807) is 48.5 Å². The summed E-state index contributed by atoms with van der Waals surface area (Å²) in [6.07, 6.45) is 1.39. The van der Waals surface area contributed by atoms with Gasteiger partial charge in [0, 0.05) is 12.2 Å². The van der Waals surface area contributed by atoms with E-state index in [1.165, 1.54) is 6.21 Å². The molecular formula is C23H28N4O5. The van der Waals surface area contributed by atoms with Gasteiger partial charge in [0.15, 0.2) is 6.61 Å². The Hall–Kier alpha value is -3.88. The van der Waals surface area contributed by atoms with E-state index >= 15 is 0 Å². The van der Waals surface area contributed by atoms with Gasteiger partial charge in [0.05, 0.1) is 12.8 Å². The summed E-state index contributed by atoms with van der Waals surface area (Å²) in [5.74, 6) is -0.355. The number of nitrogens with zero attached hydrogens (tertiary/aromatic N) is 1. The molecule has 0 atom stereocenters. The molecule has 0 aliphatic heterocycles. The number of hydrogen-bond donors (Lipinski definition) is 3. The molecule has 170 valence electrons. The lowest BCUT2D eigenvalue weighted by atomic mass is 10.2. The predicted molar refractivity (Wildman–Crippen MR) is 122 cm³/mol. The smallest absolute Gasteiger partial charge is 0.329 e. The average molecular weight is 441 g/mol. The predicted octanol–water partition coefficient (Wildman–Crippen LogP) is 2.33. The first-order valence-electron chi connectivity index (χ1n) is 10.2. The highest BCUT2D eigenvalue weighted by Gasteiger charge is 2.12. The van der Waals surface area contributed by atoms with Crippen LogP contribution in [0.25, 0.3) is 0 Å². The van der Waals surface area contributed by atoms with Gasteiger partial charge in [-0.15, -0.1) is 0 Å². The highest BCUT2D eigenvalue weighted by molar-refractivity contribution is 6.39. The monoisotopic (exact) mass is 440 g/mol. The Morgan fingerprint density at radius 1 is 0.938 bits per heavy atom. The third-order valence-electron chi connectivity index (χ3n) is 3.97. The number of amides is 3. The Labute approximate surface area is 187 Å². The molecule has 0 aliphatic rings. The first kappa shape index (κ1) is 24.4. The number of hydrogen-bond acceptors (Lipinski definition) is 6. The lowest BCUT2D eigenvalue weighted by Gasteiger charge is -2.09. The molecule has 32 heavy (non-hydrogen) atoms. The lowest BCUT2D eigenvalue weighted by molar-refractivity contribution is -0.136. The first-order chi connectivity index (χ1) is 15.4. The Morgan fingerprint density at radius 3 is 2.19 bits per heavy atom. The average Bonchev–Trinajstić information content (AvgIpc) is 2.78. The van der Waals surface area contributed by atoms with Crippen molar-refractivity contribution in [3.63, 3.8) is 0 Å². The highest BCUT2D eigenvalue weighted by Crippen LogP contribution is 2.15. The molecule has 0 bridgehead atoms. The molecule has 0 saturated carbocycles. The first-order valence-corrected chi connectivity index (χ1v) is 10.2. The number of carbonyl (C=O) groups excluding carboxylic acids is 3. The second-order valence-corrected chi connectivity index (χ2v) is 7.17. The number of nitrogens with one attached hydrogen (secondary N) is 3. The summed E-state index contributed by atoms with van der Waals surface area (Å²) in [5.41, 5.74) is 3.31. The molecule has 0 fully saturated rings. The van der Waals surface area contributed by atoms with E-state index in [2.05, 4.69) is 21.2 Å². The summed E-state index contributed by atoms with van der Waals surface area (Å²) >= 11 is 0. The van der Waals surface area contributed by atoms with E-state index in [4.69, 9.17) is 9.47 Å². The van der Waals surface area contributed by atoms with Gasteiger partial charge in [0.1, 0.15) is 11.5 Å². The second kappa shape index (κ2) is 12.7. The molecule has 2 rings (SSSR count). The number of hydrazone groups is 1. The Morgan fingerprint density at radius 2 is 1.56 bits per heavy atom. The molecule has 0 heterocycles. The van der Waals surface area contributed by atoms with Crippen molar-refractivity contribution < 1.29 is 23.9 Å². The Balaban J connectivity index is 1.76. The van der Waals surface area contributed by atoms with Gasteiger partial charge >= 0.3 is 11.8 Å². The maximum atomic E-state index is 11.9. The van der Waals surface area contributed by atoms with Crippen molar-refractivity contribution in [2.75, 3.05) is 25.1 Å². The van der Waals surface area contributed by atoms with E-state index in [0.717, 1.165) is 0 Å². The summed E-state index contributed by atoms with van der Waals surface area (Å²) in [6, 6.07) is 13.4. The van der Waals surface area contributed by atoms with E-state index in [0.29, 0.717) is 41.8 Å². The van der Waals surface area contributed by atoms with Crippen LogP contribution in [0.4, 0.5) is 5.69 Å². The van der Waals surface area contributed by atoms with Gasteiger partial charge in [0.2, 0.25) is 0 Å². The van der Waals surface area contributed by atoms with Crippen LogP contribution in [0.1, 0.15) is 26.3 Å². The standard InChI is InChI=1S/C23H28N4O5/c1-4-31-19-11-7-18(8-12-19)26-22(29)23(30)27-25-14-17-5-9-20(10-6-17)32-15-21(28)24-13-16(2)3/h5-12,14,16H,4,13,15H2,1-3H3,(H,24,28)(H,26,29)(H,27,30)/b25-14+. The van der Waals surface area contributed by atoms with Gasteiger partial charge in [0.25, 0.3) is 5.91 Å². The van der Waals surface area contributed by atoms with Crippen molar-refractivity contribution in [2.24, 2.45) is 11.0 Å². The van der Waals surface area contributed by atoms with Crippen LogP contribution in [0.2, 0.25) is 0 Å².